The summed E-state index contributed by atoms with van der Waals surface area (Å²) in [6.45, 7) is 2.70. The minimum atomic E-state index is -0.520. The summed E-state index contributed by atoms with van der Waals surface area (Å²) in [4.78, 5) is 29.0. The molecule has 0 bridgehead atoms. The number of benzene rings is 1. The van der Waals surface area contributed by atoms with Crippen LogP contribution in [-0.4, -0.2) is 44.5 Å². The number of likely N-dealkylation sites (N-methyl/N-ethyl adjacent to an activating group) is 1. The predicted molar refractivity (Wildman–Crippen MR) is 109 cm³/mol. The molecule has 3 rings (SSSR count). The Hall–Kier alpha value is -2.54. The van der Waals surface area contributed by atoms with E-state index >= 15 is 0 Å². The number of hydrogen-bond donors (Lipinski definition) is 1. The van der Waals surface area contributed by atoms with Gasteiger partial charge >= 0.3 is 0 Å². The molecule has 0 unspecified atom stereocenters. The number of ether oxygens (including phenoxy) is 2. The molecule has 2 heterocycles. The molecule has 0 aliphatic carbocycles. The number of thiophene rings is 1. The third-order valence-electron chi connectivity index (χ3n) is 5.12. The minimum absolute atomic E-state index is 0.0836. The number of amides is 2. The summed E-state index contributed by atoms with van der Waals surface area (Å²) >= 11 is 1.55. The molecule has 0 spiro atoms. The van der Waals surface area contributed by atoms with Crippen molar-refractivity contribution in [2.24, 2.45) is 0 Å². The Morgan fingerprint density at radius 3 is 2.57 bits per heavy atom. The van der Waals surface area contributed by atoms with E-state index in [1.54, 1.807) is 42.5 Å². The zero-order valence-corrected chi connectivity index (χ0v) is 17.5. The molecule has 1 aromatic carbocycles. The van der Waals surface area contributed by atoms with Gasteiger partial charge in [-0.05, 0) is 35.6 Å². The molecule has 2 amide bonds. The van der Waals surface area contributed by atoms with Crippen molar-refractivity contribution in [3.8, 4) is 11.5 Å². The summed E-state index contributed by atoms with van der Waals surface area (Å²) in [5.41, 5.74) is 1.15. The highest BCUT2D eigenvalue weighted by molar-refractivity contribution is 7.10. The van der Waals surface area contributed by atoms with Gasteiger partial charge in [0.15, 0.2) is 11.5 Å². The first kappa shape index (κ1) is 20.2. The summed E-state index contributed by atoms with van der Waals surface area (Å²) in [5.74, 6) is 0.247. The Labute approximate surface area is 169 Å². The monoisotopic (exact) mass is 402 g/mol. The molecular formula is C21H26N2O4S. The standard InChI is InChI=1S/C21H26N2O4S/c1-5-6-9-22-20(24)18-13-11-15(26-3)16(27-4)12-14(13)21(25)23(2)19(18)17-8-7-10-28-17/h7-8,10-12,18-19H,5-6,9H2,1-4H3,(H,22,24)/t18-,19-/m1/s1. The van der Waals surface area contributed by atoms with E-state index in [1.807, 2.05) is 17.5 Å². The van der Waals surface area contributed by atoms with Crippen molar-refractivity contribution < 1.29 is 19.1 Å². The second kappa shape index (κ2) is 8.65. The number of hydrogen-bond acceptors (Lipinski definition) is 5. The summed E-state index contributed by atoms with van der Waals surface area (Å²) in [6.07, 6.45) is 1.91. The molecule has 28 heavy (non-hydrogen) atoms. The van der Waals surface area contributed by atoms with Gasteiger partial charge in [-0.25, -0.2) is 0 Å². The number of fused-ring (bicyclic) bond motifs is 1. The second-order valence-corrected chi connectivity index (χ2v) is 7.77. The quantitative estimate of drug-likeness (QED) is 0.719. The maximum absolute atomic E-state index is 13.2. The average Bonchev–Trinajstić information content (AvgIpc) is 3.23. The largest absolute Gasteiger partial charge is 0.493 e. The molecule has 6 nitrogen and oxygen atoms in total. The third kappa shape index (κ3) is 3.58. The lowest BCUT2D eigenvalue weighted by atomic mass is 9.81. The lowest BCUT2D eigenvalue weighted by Crippen LogP contribution is -2.45. The highest BCUT2D eigenvalue weighted by atomic mass is 32.1. The molecule has 0 radical (unpaired) electrons. The fourth-order valence-electron chi connectivity index (χ4n) is 3.64. The van der Waals surface area contributed by atoms with E-state index in [0.29, 0.717) is 29.2 Å². The van der Waals surface area contributed by atoms with Crippen LogP contribution in [0.4, 0.5) is 0 Å². The van der Waals surface area contributed by atoms with E-state index in [2.05, 4.69) is 12.2 Å². The van der Waals surface area contributed by atoms with Gasteiger partial charge in [0.25, 0.3) is 5.91 Å². The van der Waals surface area contributed by atoms with E-state index in [4.69, 9.17) is 9.47 Å². The number of methoxy groups -OCH3 is 2. The average molecular weight is 403 g/mol. The van der Waals surface area contributed by atoms with Crippen LogP contribution in [-0.2, 0) is 4.79 Å². The van der Waals surface area contributed by atoms with Crippen molar-refractivity contribution in [3.05, 3.63) is 45.6 Å². The van der Waals surface area contributed by atoms with Crippen molar-refractivity contribution in [1.82, 2.24) is 10.2 Å². The summed E-state index contributed by atoms with van der Waals surface area (Å²) in [5, 5.41) is 5.01. The molecule has 7 heteroatoms. The van der Waals surface area contributed by atoms with Gasteiger partial charge in [0.1, 0.15) is 0 Å². The highest BCUT2D eigenvalue weighted by Crippen LogP contribution is 2.46. The topological polar surface area (TPSA) is 67.9 Å². The maximum atomic E-state index is 13.2. The summed E-state index contributed by atoms with van der Waals surface area (Å²) in [7, 11) is 4.83. The van der Waals surface area contributed by atoms with E-state index < -0.39 is 5.92 Å². The molecular weight excluding hydrogens is 376 g/mol. The van der Waals surface area contributed by atoms with Gasteiger partial charge < -0.3 is 19.7 Å². The molecule has 1 N–H and O–H groups in total. The zero-order valence-electron chi connectivity index (χ0n) is 16.7. The Morgan fingerprint density at radius 1 is 1.25 bits per heavy atom. The van der Waals surface area contributed by atoms with Crippen LogP contribution in [0.25, 0.3) is 0 Å². The van der Waals surface area contributed by atoms with Crippen molar-refractivity contribution in [2.75, 3.05) is 27.8 Å². The Balaban J connectivity index is 2.13. The SMILES string of the molecule is CCCCNC(=O)[C@@H]1c2cc(OC)c(OC)cc2C(=O)N(C)[C@@H]1c1cccs1. The molecule has 2 aromatic rings. The van der Waals surface area contributed by atoms with E-state index in [0.717, 1.165) is 17.7 Å². The van der Waals surface area contributed by atoms with E-state index in [-0.39, 0.29) is 17.9 Å². The first-order valence-corrected chi connectivity index (χ1v) is 10.3. The van der Waals surface area contributed by atoms with Crippen LogP contribution < -0.4 is 14.8 Å². The van der Waals surface area contributed by atoms with Crippen LogP contribution in [0.2, 0.25) is 0 Å². The lowest BCUT2D eigenvalue weighted by Gasteiger charge is -2.39. The Kier molecular flexibility index (Phi) is 6.24. The number of carbonyl (C=O) groups is 2. The van der Waals surface area contributed by atoms with Gasteiger partial charge in [0.05, 0.1) is 26.2 Å². The van der Waals surface area contributed by atoms with Crippen LogP contribution in [0, 0.1) is 0 Å². The number of nitrogens with zero attached hydrogens (tertiary/aromatic N) is 1. The molecule has 0 saturated carbocycles. The second-order valence-electron chi connectivity index (χ2n) is 6.79. The van der Waals surface area contributed by atoms with Gasteiger partial charge in [-0.2, -0.15) is 0 Å². The molecule has 0 fully saturated rings. The first-order chi connectivity index (χ1) is 13.5. The van der Waals surface area contributed by atoms with E-state index in [1.165, 1.54) is 7.11 Å². The molecule has 1 aromatic heterocycles. The van der Waals surface area contributed by atoms with Gasteiger partial charge in [-0.1, -0.05) is 19.4 Å². The van der Waals surface area contributed by atoms with Crippen molar-refractivity contribution >= 4 is 23.2 Å². The fraction of sp³-hybridized carbons (Fsp3) is 0.429. The van der Waals surface area contributed by atoms with Crippen LogP contribution in [0.15, 0.2) is 29.6 Å². The van der Waals surface area contributed by atoms with Gasteiger partial charge in [-0.3, -0.25) is 9.59 Å². The fourth-order valence-corrected chi connectivity index (χ4v) is 4.55. The number of carbonyl (C=O) groups excluding carboxylic acids is 2. The van der Waals surface area contributed by atoms with Crippen LogP contribution in [0.5, 0.6) is 11.5 Å². The number of rotatable bonds is 7. The Morgan fingerprint density at radius 2 is 1.96 bits per heavy atom. The van der Waals surface area contributed by atoms with Gasteiger partial charge in [-0.15, -0.1) is 11.3 Å². The maximum Gasteiger partial charge on any atom is 0.254 e. The van der Waals surface area contributed by atoms with Crippen molar-refractivity contribution in [1.29, 1.82) is 0 Å². The van der Waals surface area contributed by atoms with Crippen molar-refractivity contribution in [2.45, 2.75) is 31.7 Å². The van der Waals surface area contributed by atoms with Crippen LogP contribution in [0.1, 0.15) is 52.5 Å². The Bertz CT molecular complexity index is 850. The van der Waals surface area contributed by atoms with Crippen LogP contribution in [0.3, 0.4) is 0 Å². The summed E-state index contributed by atoms with van der Waals surface area (Å²) < 4.78 is 10.8. The van der Waals surface area contributed by atoms with Crippen LogP contribution >= 0.6 is 11.3 Å². The molecule has 1 aliphatic rings. The molecule has 2 atom stereocenters. The molecule has 150 valence electrons. The first-order valence-electron chi connectivity index (χ1n) is 9.37. The van der Waals surface area contributed by atoms with E-state index in [9.17, 15) is 9.59 Å². The smallest absolute Gasteiger partial charge is 0.254 e. The highest BCUT2D eigenvalue weighted by Gasteiger charge is 2.43. The third-order valence-corrected chi connectivity index (χ3v) is 6.06. The molecule has 1 aliphatic heterocycles. The normalized spacial score (nSPS) is 18.6. The minimum Gasteiger partial charge on any atom is -0.493 e. The summed E-state index contributed by atoms with van der Waals surface area (Å²) in [6, 6.07) is 6.99. The predicted octanol–water partition coefficient (Wildman–Crippen LogP) is 3.59. The molecule has 0 saturated heterocycles. The lowest BCUT2D eigenvalue weighted by molar-refractivity contribution is -0.124. The van der Waals surface area contributed by atoms with Crippen molar-refractivity contribution in [3.63, 3.8) is 0 Å². The zero-order chi connectivity index (χ0) is 20.3. The number of unbranched alkanes of at least 4 members (excludes halogenated alkanes) is 1. The van der Waals surface area contributed by atoms with Gasteiger partial charge in [0, 0.05) is 24.0 Å². The van der Waals surface area contributed by atoms with Gasteiger partial charge in [0.2, 0.25) is 5.91 Å². The number of nitrogens with one attached hydrogen (secondary N) is 1.